The molecule has 0 spiro atoms. The van der Waals surface area contributed by atoms with Crippen molar-refractivity contribution in [2.24, 2.45) is 0 Å². The maximum atomic E-state index is 12.7. The van der Waals surface area contributed by atoms with Gasteiger partial charge in [0.25, 0.3) is 5.91 Å². The molecule has 11 heteroatoms. The fourth-order valence-corrected chi connectivity index (χ4v) is 4.67. The van der Waals surface area contributed by atoms with E-state index in [1.54, 1.807) is 24.3 Å². The summed E-state index contributed by atoms with van der Waals surface area (Å²) in [5.74, 6) is -1.35. The molecule has 1 amide bonds. The number of amides is 1. The van der Waals surface area contributed by atoms with Crippen molar-refractivity contribution in [2.75, 3.05) is 25.2 Å². The molecule has 33 heavy (non-hydrogen) atoms. The van der Waals surface area contributed by atoms with Gasteiger partial charge in [-0.05, 0) is 49.2 Å². The van der Waals surface area contributed by atoms with Crippen LogP contribution in [-0.4, -0.2) is 46.6 Å². The molecule has 0 heterocycles. The number of anilines is 1. The lowest BCUT2D eigenvalue weighted by Crippen LogP contribution is -2.35. The summed E-state index contributed by atoms with van der Waals surface area (Å²) in [6.07, 6.45) is 1.57. The van der Waals surface area contributed by atoms with Gasteiger partial charge in [0.05, 0.1) is 25.2 Å². The lowest BCUT2D eigenvalue weighted by Gasteiger charge is -2.22. The smallest absolute Gasteiger partial charge is 0.338 e. The number of hydrogen-bond donors (Lipinski definition) is 1. The number of nitrogens with one attached hydrogen (secondary N) is 1. The van der Waals surface area contributed by atoms with Crippen LogP contribution in [0.15, 0.2) is 47.4 Å². The molecular weight excluding hydrogens is 470 g/mol. The van der Waals surface area contributed by atoms with Gasteiger partial charge in [-0.3, -0.25) is 4.79 Å². The Bertz CT molecular complexity index is 1190. The van der Waals surface area contributed by atoms with Gasteiger partial charge in [0.2, 0.25) is 10.0 Å². The van der Waals surface area contributed by atoms with E-state index < -0.39 is 28.5 Å². The van der Waals surface area contributed by atoms with Crippen molar-refractivity contribution in [2.45, 2.75) is 30.2 Å². The van der Waals surface area contributed by atoms with Crippen molar-refractivity contribution in [3.63, 3.8) is 0 Å². The fourth-order valence-electron chi connectivity index (χ4n) is 2.99. The molecule has 0 atom stereocenters. The van der Waals surface area contributed by atoms with Crippen LogP contribution in [0.4, 0.5) is 5.69 Å². The van der Waals surface area contributed by atoms with Gasteiger partial charge in [-0.2, -0.15) is 5.26 Å². The summed E-state index contributed by atoms with van der Waals surface area (Å²) in [6.45, 7) is -0.518. The van der Waals surface area contributed by atoms with E-state index in [4.69, 9.17) is 26.3 Å². The molecular formula is C22H22ClN3O6S. The maximum Gasteiger partial charge on any atom is 0.338 e. The molecule has 0 aromatic heterocycles. The van der Waals surface area contributed by atoms with Crippen LogP contribution in [-0.2, 0) is 19.6 Å². The molecule has 0 saturated heterocycles. The molecule has 0 unspecified atom stereocenters. The predicted octanol–water partition coefficient (Wildman–Crippen LogP) is 2.89. The molecule has 174 valence electrons. The van der Waals surface area contributed by atoms with Gasteiger partial charge in [-0.15, -0.1) is 0 Å². The van der Waals surface area contributed by atoms with Gasteiger partial charge < -0.3 is 14.4 Å². The molecule has 0 aliphatic heterocycles. The van der Waals surface area contributed by atoms with Crippen LogP contribution in [0.25, 0.3) is 0 Å². The van der Waals surface area contributed by atoms with Gasteiger partial charge in [0, 0.05) is 23.3 Å². The molecule has 2 aromatic carbocycles. The van der Waals surface area contributed by atoms with Crippen molar-refractivity contribution in [3.05, 3.63) is 53.1 Å². The standard InChI is InChI=1S/C22H22ClN3O6S/c1-31-19-9-6-15(12-20(19)33(29,30)25-17-7-8-17)22(28)32-14-21(27)26(11-3-10-24)18-5-2-4-16(23)13-18/h2,4-6,9,12-13,17,25H,3,7-8,11,14H2,1H3. The Morgan fingerprint density at radius 2 is 2.00 bits per heavy atom. The summed E-state index contributed by atoms with van der Waals surface area (Å²) in [5, 5.41) is 9.30. The minimum Gasteiger partial charge on any atom is -0.495 e. The number of carbonyl (C=O) groups excluding carboxylic acids is 2. The number of nitriles is 1. The first kappa shape index (κ1) is 24.5. The molecule has 1 fully saturated rings. The van der Waals surface area contributed by atoms with E-state index in [9.17, 15) is 18.0 Å². The Balaban J connectivity index is 1.74. The fraction of sp³-hybridized carbons (Fsp3) is 0.318. The molecule has 9 nitrogen and oxygen atoms in total. The van der Waals surface area contributed by atoms with Crippen LogP contribution in [0, 0.1) is 11.3 Å². The summed E-state index contributed by atoms with van der Waals surface area (Å²) in [6, 6.07) is 12.2. The zero-order chi connectivity index (χ0) is 24.0. The van der Waals surface area contributed by atoms with Crippen LogP contribution < -0.4 is 14.4 Å². The van der Waals surface area contributed by atoms with E-state index in [1.807, 2.05) is 6.07 Å². The average molecular weight is 492 g/mol. The topological polar surface area (TPSA) is 126 Å². The van der Waals surface area contributed by atoms with Gasteiger partial charge in [0.15, 0.2) is 6.61 Å². The van der Waals surface area contributed by atoms with Crippen LogP contribution in [0.5, 0.6) is 5.75 Å². The van der Waals surface area contributed by atoms with Crippen molar-refractivity contribution in [3.8, 4) is 11.8 Å². The molecule has 1 N–H and O–H groups in total. The zero-order valence-corrected chi connectivity index (χ0v) is 19.4. The Labute approximate surface area is 196 Å². The Hall–Kier alpha value is -3.13. The molecule has 1 aliphatic carbocycles. The minimum absolute atomic E-state index is 0.0499. The highest BCUT2D eigenvalue weighted by atomic mass is 35.5. The Morgan fingerprint density at radius 3 is 2.64 bits per heavy atom. The van der Waals surface area contributed by atoms with Crippen LogP contribution in [0.3, 0.4) is 0 Å². The second-order valence-electron chi connectivity index (χ2n) is 7.27. The first-order valence-corrected chi connectivity index (χ1v) is 11.9. The number of ether oxygens (including phenoxy) is 2. The molecule has 3 rings (SSSR count). The number of esters is 1. The number of sulfonamides is 1. The minimum atomic E-state index is -3.89. The molecule has 2 aromatic rings. The van der Waals surface area contributed by atoms with E-state index >= 15 is 0 Å². The van der Waals surface area contributed by atoms with Gasteiger partial charge in [0.1, 0.15) is 10.6 Å². The van der Waals surface area contributed by atoms with Crippen LogP contribution in [0.2, 0.25) is 5.02 Å². The third-order valence-electron chi connectivity index (χ3n) is 4.78. The largest absolute Gasteiger partial charge is 0.495 e. The summed E-state index contributed by atoms with van der Waals surface area (Å²) >= 11 is 5.99. The van der Waals surface area contributed by atoms with Gasteiger partial charge in [-0.25, -0.2) is 17.9 Å². The number of nitrogens with zero attached hydrogens (tertiary/aromatic N) is 2. The maximum absolute atomic E-state index is 12.7. The van der Waals surface area contributed by atoms with E-state index in [0.29, 0.717) is 10.7 Å². The number of benzene rings is 2. The molecule has 1 aliphatic rings. The molecule has 0 radical (unpaired) electrons. The summed E-state index contributed by atoms with van der Waals surface area (Å²) < 4.78 is 38.1. The van der Waals surface area contributed by atoms with E-state index in [1.165, 1.54) is 24.1 Å². The van der Waals surface area contributed by atoms with Crippen molar-refractivity contribution >= 4 is 39.2 Å². The SMILES string of the molecule is COc1ccc(C(=O)OCC(=O)N(CCC#N)c2cccc(Cl)c2)cc1S(=O)(=O)NC1CC1. The lowest BCUT2D eigenvalue weighted by molar-refractivity contribution is -0.121. The summed E-state index contributed by atoms with van der Waals surface area (Å²) in [7, 11) is -2.56. The highest BCUT2D eigenvalue weighted by Gasteiger charge is 2.30. The zero-order valence-electron chi connectivity index (χ0n) is 17.8. The van der Waals surface area contributed by atoms with Gasteiger partial charge >= 0.3 is 5.97 Å². The number of methoxy groups -OCH3 is 1. The highest BCUT2D eigenvalue weighted by Crippen LogP contribution is 2.28. The monoisotopic (exact) mass is 491 g/mol. The molecule has 0 bridgehead atoms. The average Bonchev–Trinajstić information content (AvgIpc) is 3.60. The first-order chi connectivity index (χ1) is 15.7. The van der Waals surface area contributed by atoms with E-state index in [-0.39, 0.29) is 35.2 Å². The lowest BCUT2D eigenvalue weighted by atomic mass is 10.2. The predicted molar refractivity (Wildman–Crippen MR) is 121 cm³/mol. The second kappa shape index (κ2) is 10.7. The van der Waals surface area contributed by atoms with Crippen LogP contribution >= 0.6 is 11.6 Å². The number of rotatable bonds is 10. The van der Waals surface area contributed by atoms with Crippen LogP contribution in [0.1, 0.15) is 29.6 Å². The summed E-state index contributed by atoms with van der Waals surface area (Å²) in [4.78, 5) is 26.4. The number of carbonyl (C=O) groups is 2. The Morgan fingerprint density at radius 1 is 1.24 bits per heavy atom. The quantitative estimate of drug-likeness (QED) is 0.506. The number of hydrogen-bond acceptors (Lipinski definition) is 7. The molecule has 1 saturated carbocycles. The second-order valence-corrected chi connectivity index (χ2v) is 9.39. The highest BCUT2D eigenvalue weighted by molar-refractivity contribution is 7.89. The van der Waals surface area contributed by atoms with E-state index in [0.717, 1.165) is 18.9 Å². The van der Waals surface area contributed by atoms with Crippen molar-refractivity contribution < 1.29 is 27.5 Å². The van der Waals surface area contributed by atoms with E-state index in [2.05, 4.69) is 4.72 Å². The third kappa shape index (κ3) is 6.44. The van der Waals surface area contributed by atoms with Crippen molar-refractivity contribution in [1.82, 2.24) is 4.72 Å². The summed E-state index contributed by atoms with van der Waals surface area (Å²) in [5.41, 5.74) is 0.411. The Kier molecular flexibility index (Phi) is 7.92. The third-order valence-corrected chi connectivity index (χ3v) is 6.56. The number of halogens is 1. The van der Waals surface area contributed by atoms with Gasteiger partial charge in [-0.1, -0.05) is 17.7 Å². The normalized spacial score (nSPS) is 13.1. The van der Waals surface area contributed by atoms with Crippen molar-refractivity contribution in [1.29, 1.82) is 5.26 Å². The first-order valence-electron chi connectivity index (χ1n) is 10.1.